The van der Waals surface area contributed by atoms with Crippen LogP contribution in [0.15, 0.2) is 71.3 Å². The lowest BCUT2D eigenvalue weighted by Crippen LogP contribution is -2.35. The number of hydrogen-bond donors (Lipinski definition) is 1. The molecule has 5 nitrogen and oxygen atoms in total. The van der Waals surface area contributed by atoms with Crippen molar-refractivity contribution in [2.45, 2.75) is 26.1 Å². The van der Waals surface area contributed by atoms with Crippen molar-refractivity contribution in [1.82, 2.24) is 4.90 Å². The first-order chi connectivity index (χ1) is 14.0. The van der Waals surface area contributed by atoms with Gasteiger partial charge in [-0.1, -0.05) is 24.3 Å². The van der Waals surface area contributed by atoms with E-state index in [1.54, 1.807) is 42.7 Å². The van der Waals surface area contributed by atoms with Crippen LogP contribution < -0.4 is 4.74 Å². The fourth-order valence-electron chi connectivity index (χ4n) is 3.00. The van der Waals surface area contributed by atoms with E-state index in [0.717, 1.165) is 11.3 Å². The maximum Gasteiger partial charge on any atom is 0.159 e. The number of furan rings is 1. The van der Waals surface area contributed by atoms with E-state index in [1.165, 1.54) is 19.1 Å². The molecule has 1 aromatic heterocycles. The van der Waals surface area contributed by atoms with E-state index in [9.17, 15) is 14.3 Å². The molecular formula is C23H24FNO4. The topological polar surface area (TPSA) is 62.9 Å². The average molecular weight is 397 g/mol. The van der Waals surface area contributed by atoms with Gasteiger partial charge in [0.25, 0.3) is 0 Å². The normalized spacial score (nSPS) is 12.1. The summed E-state index contributed by atoms with van der Waals surface area (Å²) in [6.07, 6.45) is 0.846. The van der Waals surface area contributed by atoms with Gasteiger partial charge in [0.15, 0.2) is 5.78 Å². The molecule has 0 spiro atoms. The minimum atomic E-state index is -0.758. The van der Waals surface area contributed by atoms with Crippen molar-refractivity contribution in [3.8, 4) is 5.75 Å². The van der Waals surface area contributed by atoms with Crippen molar-refractivity contribution < 1.29 is 23.4 Å². The molecule has 6 heteroatoms. The lowest BCUT2D eigenvalue weighted by molar-refractivity contribution is 0.0604. The molecule has 29 heavy (non-hydrogen) atoms. The summed E-state index contributed by atoms with van der Waals surface area (Å²) in [7, 11) is 0. The Morgan fingerprint density at radius 3 is 2.62 bits per heavy atom. The number of hydrogen-bond acceptors (Lipinski definition) is 5. The predicted molar refractivity (Wildman–Crippen MR) is 107 cm³/mol. The highest BCUT2D eigenvalue weighted by Crippen LogP contribution is 2.15. The number of aliphatic hydroxyl groups is 1. The summed E-state index contributed by atoms with van der Waals surface area (Å²) in [5.74, 6) is 0.981. The molecule has 0 bridgehead atoms. The average Bonchev–Trinajstić information content (AvgIpc) is 3.21. The standard InChI is InChI=1S/C23H24FNO4/c1-17(26)19-4-2-5-22(12-19)29-16-21(27)14-25(15-23-6-3-11-28-23)13-18-7-9-20(24)10-8-18/h2-12,21,27H,13-16H2,1H3. The molecule has 0 amide bonds. The van der Waals surface area contributed by atoms with Gasteiger partial charge in [-0.3, -0.25) is 9.69 Å². The van der Waals surface area contributed by atoms with E-state index in [0.29, 0.717) is 30.9 Å². The number of aliphatic hydroxyl groups excluding tert-OH is 1. The van der Waals surface area contributed by atoms with Crippen LogP contribution in [0.4, 0.5) is 4.39 Å². The molecule has 0 saturated carbocycles. The molecule has 3 aromatic rings. The SMILES string of the molecule is CC(=O)c1cccc(OCC(O)CN(Cc2ccc(F)cc2)Cc2ccco2)c1. The predicted octanol–water partition coefficient (Wildman–Crippen LogP) is 4.06. The first-order valence-corrected chi connectivity index (χ1v) is 9.40. The fourth-order valence-corrected chi connectivity index (χ4v) is 3.00. The van der Waals surface area contributed by atoms with Gasteiger partial charge in [-0.25, -0.2) is 4.39 Å². The van der Waals surface area contributed by atoms with Crippen molar-refractivity contribution in [2.75, 3.05) is 13.2 Å². The molecule has 1 unspecified atom stereocenters. The zero-order valence-corrected chi connectivity index (χ0v) is 16.3. The van der Waals surface area contributed by atoms with Crippen molar-refractivity contribution in [3.05, 3.63) is 89.6 Å². The number of rotatable bonds is 10. The molecule has 0 radical (unpaired) electrons. The zero-order valence-electron chi connectivity index (χ0n) is 16.3. The summed E-state index contributed by atoms with van der Waals surface area (Å²) in [4.78, 5) is 13.5. The van der Waals surface area contributed by atoms with Crippen LogP contribution in [0.1, 0.15) is 28.6 Å². The number of ketones is 1. The van der Waals surface area contributed by atoms with Gasteiger partial charge < -0.3 is 14.3 Å². The summed E-state index contributed by atoms with van der Waals surface area (Å²) in [5.41, 5.74) is 1.49. The first kappa shape index (κ1) is 20.8. The molecule has 0 aliphatic carbocycles. The number of carbonyl (C=O) groups is 1. The van der Waals surface area contributed by atoms with Gasteiger partial charge in [-0.05, 0) is 48.9 Å². The number of Topliss-reactive ketones (excluding diaryl/α,β-unsaturated/α-hetero) is 1. The minimum Gasteiger partial charge on any atom is -0.491 e. The monoisotopic (exact) mass is 397 g/mol. The quantitative estimate of drug-likeness (QED) is 0.523. The Morgan fingerprint density at radius 1 is 1.14 bits per heavy atom. The van der Waals surface area contributed by atoms with E-state index >= 15 is 0 Å². The zero-order chi connectivity index (χ0) is 20.6. The number of nitrogens with zero attached hydrogens (tertiary/aromatic N) is 1. The van der Waals surface area contributed by atoms with Crippen molar-refractivity contribution in [3.63, 3.8) is 0 Å². The molecule has 0 saturated heterocycles. The van der Waals surface area contributed by atoms with Crippen LogP contribution in [0.5, 0.6) is 5.75 Å². The van der Waals surface area contributed by atoms with Crippen LogP contribution >= 0.6 is 0 Å². The number of ether oxygens (including phenoxy) is 1. The molecule has 3 rings (SSSR count). The van der Waals surface area contributed by atoms with Crippen LogP contribution in [0, 0.1) is 5.82 Å². The highest BCUT2D eigenvalue weighted by molar-refractivity contribution is 5.94. The van der Waals surface area contributed by atoms with Crippen LogP contribution in [0.25, 0.3) is 0 Å². The van der Waals surface area contributed by atoms with Gasteiger partial charge in [0.2, 0.25) is 0 Å². The van der Waals surface area contributed by atoms with E-state index < -0.39 is 6.10 Å². The Hall–Kier alpha value is -2.96. The lowest BCUT2D eigenvalue weighted by Gasteiger charge is -2.24. The second-order valence-electron chi connectivity index (χ2n) is 6.92. The number of benzene rings is 2. The summed E-state index contributed by atoms with van der Waals surface area (Å²) >= 11 is 0. The Labute approximate surface area is 169 Å². The maximum atomic E-state index is 13.2. The second kappa shape index (κ2) is 10.0. The minimum absolute atomic E-state index is 0.0417. The Morgan fingerprint density at radius 2 is 1.93 bits per heavy atom. The summed E-state index contributed by atoms with van der Waals surface area (Å²) in [6.45, 7) is 2.94. The molecule has 152 valence electrons. The summed E-state index contributed by atoms with van der Waals surface area (Å²) in [6, 6.07) is 16.8. The third-order valence-electron chi connectivity index (χ3n) is 4.43. The molecule has 1 atom stereocenters. The van der Waals surface area contributed by atoms with E-state index in [1.807, 2.05) is 17.0 Å². The molecule has 0 aliphatic rings. The maximum absolute atomic E-state index is 13.2. The molecule has 1 heterocycles. The Balaban J connectivity index is 1.60. The molecule has 1 N–H and O–H groups in total. The number of halogens is 1. The summed E-state index contributed by atoms with van der Waals surface area (Å²) in [5, 5.41) is 10.5. The molecule has 0 fully saturated rings. The first-order valence-electron chi connectivity index (χ1n) is 9.40. The Bertz CT molecular complexity index is 909. The lowest BCUT2D eigenvalue weighted by atomic mass is 10.1. The van der Waals surface area contributed by atoms with E-state index in [2.05, 4.69) is 0 Å². The van der Waals surface area contributed by atoms with Crippen LogP contribution in [-0.4, -0.2) is 35.0 Å². The van der Waals surface area contributed by atoms with Gasteiger partial charge >= 0.3 is 0 Å². The van der Waals surface area contributed by atoms with Gasteiger partial charge in [0.05, 0.1) is 12.8 Å². The molecule has 2 aromatic carbocycles. The Kier molecular flexibility index (Phi) is 7.16. The highest BCUT2D eigenvalue weighted by atomic mass is 19.1. The third kappa shape index (κ3) is 6.55. The van der Waals surface area contributed by atoms with Gasteiger partial charge in [0.1, 0.15) is 30.0 Å². The molecular weight excluding hydrogens is 373 g/mol. The van der Waals surface area contributed by atoms with Crippen LogP contribution in [0.2, 0.25) is 0 Å². The second-order valence-corrected chi connectivity index (χ2v) is 6.92. The van der Waals surface area contributed by atoms with Crippen LogP contribution in [-0.2, 0) is 13.1 Å². The van der Waals surface area contributed by atoms with Crippen molar-refractivity contribution in [1.29, 1.82) is 0 Å². The van der Waals surface area contributed by atoms with Crippen LogP contribution in [0.3, 0.4) is 0 Å². The van der Waals surface area contributed by atoms with Crippen molar-refractivity contribution >= 4 is 5.78 Å². The van der Waals surface area contributed by atoms with Gasteiger partial charge in [0, 0.05) is 18.7 Å². The van der Waals surface area contributed by atoms with Gasteiger partial charge in [-0.15, -0.1) is 0 Å². The van der Waals surface area contributed by atoms with Crippen molar-refractivity contribution in [2.24, 2.45) is 0 Å². The number of carbonyl (C=O) groups excluding carboxylic acids is 1. The highest BCUT2D eigenvalue weighted by Gasteiger charge is 2.15. The van der Waals surface area contributed by atoms with E-state index in [-0.39, 0.29) is 18.2 Å². The largest absolute Gasteiger partial charge is 0.491 e. The van der Waals surface area contributed by atoms with Gasteiger partial charge in [-0.2, -0.15) is 0 Å². The summed E-state index contributed by atoms with van der Waals surface area (Å²) < 4.78 is 24.3. The smallest absolute Gasteiger partial charge is 0.159 e. The fraction of sp³-hybridized carbons (Fsp3) is 0.261. The van der Waals surface area contributed by atoms with E-state index in [4.69, 9.17) is 9.15 Å². The third-order valence-corrected chi connectivity index (χ3v) is 4.43. The molecule has 0 aliphatic heterocycles.